The van der Waals surface area contributed by atoms with Crippen LogP contribution in [-0.2, 0) is 28.7 Å². The number of alkyl carbamates (subject to hydrolysis) is 1. The number of halogens is 4. The lowest BCUT2D eigenvalue weighted by molar-refractivity contribution is -0.140. The van der Waals surface area contributed by atoms with Gasteiger partial charge in [0, 0.05) is 6.42 Å². The second-order valence-electron chi connectivity index (χ2n) is 5.58. The van der Waals surface area contributed by atoms with Crippen molar-refractivity contribution in [3.05, 3.63) is 71.0 Å². The van der Waals surface area contributed by atoms with E-state index in [-0.39, 0.29) is 6.61 Å². The van der Waals surface area contributed by atoms with Crippen molar-refractivity contribution in [1.82, 2.24) is 5.32 Å². The number of nitrogens with one attached hydrogen (secondary N) is 1. The van der Waals surface area contributed by atoms with Gasteiger partial charge in [0.2, 0.25) is 0 Å². The third-order valence-corrected chi connectivity index (χ3v) is 3.61. The second kappa shape index (κ2) is 8.52. The van der Waals surface area contributed by atoms with E-state index in [1.165, 1.54) is 0 Å². The minimum Gasteiger partial charge on any atom is -0.480 e. The Bertz CT molecular complexity index is 809. The number of hydrogen-bond acceptors (Lipinski definition) is 3. The average molecular weight is 385 g/mol. The van der Waals surface area contributed by atoms with Crippen LogP contribution in [0.15, 0.2) is 48.5 Å². The topological polar surface area (TPSA) is 75.6 Å². The zero-order valence-corrected chi connectivity index (χ0v) is 13.8. The highest BCUT2D eigenvalue weighted by molar-refractivity contribution is 5.80. The van der Waals surface area contributed by atoms with Gasteiger partial charge in [0.05, 0.1) is 5.56 Å². The van der Waals surface area contributed by atoms with Crippen molar-refractivity contribution in [2.45, 2.75) is 25.2 Å². The number of alkyl halides is 3. The Labute approximate surface area is 151 Å². The molecule has 144 valence electrons. The molecule has 0 saturated heterocycles. The highest BCUT2D eigenvalue weighted by Gasteiger charge is 2.35. The third-order valence-electron chi connectivity index (χ3n) is 3.61. The number of hydrogen-bond donors (Lipinski definition) is 2. The summed E-state index contributed by atoms with van der Waals surface area (Å²) < 4.78 is 57.2. The minimum atomic E-state index is -4.92. The Morgan fingerprint density at radius 2 is 1.74 bits per heavy atom. The van der Waals surface area contributed by atoms with E-state index in [0.29, 0.717) is 11.6 Å². The van der Waals surface area contributed by atoms with Gasteiger partial charge in [0.25, 0.3) is 0 Å². The zero-order valence-electron chi connectivity index (χ0n) is 13.8. The van der Waals surface area contributed by atoms with Crippen LogP contribution in [0.2, 0.25) is 0 Å². The van der Waals surface area contributed by atoms with Gasteiger partial charge in [0.15, 0.2) is 0 Å². The molecule has 0 aromatic heterocycles. The van der Waals surface area contributed by atoms with Crippen LogP contribution in [0.3, 0.4) is 0 Å². The normalized spacial score (nSPS) is 12.3. The first kappa shape index (κ1) is 20.2. The molecule has 0 aliphatic heterocycles. The van der Waals surface area contributed by atoms with Crippen LogP contribution in [0.4, 0.5) is 22.4 Å². The molecular weight excluding hydrogens is 370 g/mol. The number of amides is 1. The van der Waals surface area contributed by atoms with E-state index >= 15 is 0 Å². The lowest BCUT2D eigenvalue weighted by Gasteiger charge is -2.16. The molecule has 0 aliphatic rings. The molecular formula is C18H15F4NO4. The predicted molar refractivity (Wildman–Crippen MR) is 86.3 cm³/mol. The molecule has 0 saturated carbocycles. The van der Waals surface area contributed by atoms with Crippen molar-refractivity contribution in [2.24, 2.45) is 0 Å². The van der Waals surface area contributed by atoms with Crippen molar-refractivity contribution in [3.8, 4) is 0 Å². The first-order valence-electron chi connectivity index (χ1n) is 7.73. The molecule has 0 fully saturated rings. The first-order chi connectivity index (χ1) is 12.7. The van der Waals surface area contributed by atoms with Gasteiger partial charge in [-0.1, -0.05) is 42.5 Å². The maximum absolute atomic E-state index is 14.0. The number of ether oxygens (including phenoxy) is 1. The minimum absolute atomic E-state index is 0.128. The maximum Gasteiger partial charge on any atom is 0.419 e. The van der Waals surface area contributed by atoms with Gasteiger partial charge < -0.3 is 15.2 Å². The van der Waals surface area contributed by atoms with Crippen molar-refractivity contribution in [1.29, 1.82) is 0 Å². The summed E-state index contributed by atoms with van der Waals surface area (Å²) in [5.41, 5.74) is -1.33. The maximum atomic E-state index is 14.0. The standard InChI is InChI=1S/C18H15F4NO4/c19-15-12(7-4-8-13(15)18(20,21)22)9-14(16(24)25)23-17(26)27-10-11-5-2-1-3-6-11/h1-8,14H,9-10H2,(H,23,26)(H,24,25). The third kappa shape index (κ3) is 5.70. The summed E-state index contributed by atoms with van der Waals surface area (Å²) >= 11 is 0. The van der Waals surface area contributed by atoms with Crippen LogP contribution < -0.4 is 5.32 Å². The van der Waals surface area contributed by atoms with E-state index in [1.54, 1.807) is 30.3 Å². The summed E-state index contributed by atoms with van der Waals surface area (Å²) in [6, 6.07) is 9.43. The fourth-order valence-corrected chi connectivity index (χ4v) is 2.28. The summed E-state index contributed by atoms with van der Waals surface area (Å²) in [4.78, 5) is 23.1. The van der Waals surface area contributed by atoms with Crippen LogP contribution >= 0.6 is 0 Å². The van der Waals surface area contributed by atoms with Crippen LogP contribution in [-0.4, -0.2) is 23.2 Å². The number of carboxylic acids is 1. The summed E-state index contributed by atoms with van der Waals surface area (Å²) in [6.07, 6.45) is -6.68. The van der Waals surface area contributed by atoms with Crippen molar-refractivity contribution < 1.29 is 37.0 Å². The summed E-state index contributed by atoms with van der Waals surface area (Å²) in [5, 5.41) is 11.2. The molecule has 0 spiro atoms. The van der Waals surface area contributed by atoms with Crippen molar-refractivity contribution >= 4 is 12.1 Å². The van der Waals surface area contributed by atoms with Crippen LogP contribution in [0.1, 0.15) is 16.7 Å². The highest BCUT2D eigenvalue weighted by atomic mass is 19.4. The van der Waals surface area contributed by atoms with E-state index in [0.717, 1.165) is 12.1 Å². The number of benzene rings is 2. The van der Waals surface area contributed by atoms with Crippen LogP contribution in [0.25, 0.3) is 0 Å². The van der Waals surface area contributed by atoms with Gasteiger partial charge in [-0.05, 0) is 17.2 Å². The van der Waals surface area contributed by atoms with Gasteiger partial charge in [-0.15, -0.1) is 0 Å². The van der Waals surface area contributed by atoms with Gasteiger partial charge in [-0.25, -0.2) is 14.0 Å². The Hall–Kier alpha value is -3.10. The fourth-order valence-electron chi connectivity index (χ4n) is 2.28. The monoisotopic (exact) mass is 385 g/mol. The fraction of sp³-hybridized carbons (Fsp3) is 0.222. The molecule has 0 aliphatic carbocycles. The SMILES string of the molecule is O=C(NC(Cc1cccc(C(F)(F)F)c1F)C(=O)O)OCc1ccccc1. The number of carboxylic acid groups (broad SMARTS) is 1. The van der Waals surface area contributed by atoms with E-state index in [2.05, 4.69) is 0 Å². The highest BCUT2D eigenvalue weighted by Crippen LogP contribution is 2.32. The molecule has 5 nitrogen and oxygen atoms in total. The molecule has 0 bridgehead atoms. The number of aliphatic carboxylic acids is 1. The summed E-state index contributed by atoms with van der Waals surface area (Å²) in [6.45, 7) is -0.128. The largest absolute Gasteiger partial charge is 0.480 e. The molecule has 9 heteroatoms. The molecule has 0 heterocycles. The van der Waals surface area contributed by atoms with Crippen molar-refractivity contribution in [3.63, 3.8) is 0 Å². The summed E-state index contributed by atoms with van der Waals surface area (Å²) in [7, 11) is 0. The van der Waals surface area contributed by atoms with E-state index in [1.807, 2.05) is 5.32 Å². The molecule has 1 amide bonds. The molecule has 1 atom stereocenters. The Morgan fingerprint density at radius 1 is 1.07 bits per heavy atom. The van der Waals surface area contributed by atoms with Gasteiger partial charge in [-0.2, -0.15) is 13.2 Å². The predicted octanol–water partition coefficient (Wildman–Crippen LogP) is 3.77. The number of carbonyl (C=O) groups excluding carboxylic acids is 1. The molecule has 27 heavy (non-hydrogen) atoms. The van der Waals surface area contributed by atoms with Crippen molar-refractivity contribution in [2.75, 3.05) is 0 Å². The Kier molecular flexibility index (Phi) is 6.38. The molecule has 1 unspecified atom stereocenters. The second-order valence-corrected chi connectivity index (χ2v) is 5.58. The zero-order chi connectivity index (χ0) is 20.0. The average Bonchev–Trinajstić information content (AvgIpc) is 2.60. The molecule has 2 aromatic rings. The molecule has 2 N–H and O–H groups in total. The first-order valence-corrected chi connectivity index (χ1v) is 7.73. The smallest absolute Gasteiger partial charge is 0.419 e. The lowest BCUT2D eigenvalue weighted by atomic mass is 10.0. The number of carbonyl (C=O) groups is 2. The Balaban J connectivity index is 2.06. The van der Waals surface area contributed by atoms with Crippen LogP contribution in [0.5, 0.6) is 0 Å². The van der Waals surface area contributed by atoms with E-state index < -0.39 is 47.6 Å². The number of rotatable bonds is 6. The molecule has 2 aromatic carbocycles. The molecule has 2 rings (SSSR count). The quantitative estimate of drug-likeness (QED) is 0.743. The molecule has 0 radical (unpaired) electrons. The van der Waals surface area contributed by atoms with Gasteiger partial charge >= 0.3 is 18.2 Å². The Morgan fingerprint density at radius 3 is 2.33 bits per heavy atom. The van der Waals surface area contributed by atoms with Gasteiger partial charge in [0.1, 0.15) is 18.5 Å². The lowest BCUT2D eigenvalue weighted by Crippen LogP contribution is -2.42. The van der Waals surface area contributed by atoms with Crippen LogP contribution in [0, 0.1) is 5.82 Å². The van der Waals surface area contributed by atoms with E-state index in [4.69, 9.17) is 4.74 Å². The summed E-state index contributed by atoms with van der Waals surface area (Å²) in [5.74, 6) is -3.11. The van der Waals surface area contributed by atoms with Gasteiger partial charge in [-0.3, -0.25) is 0 Å². The van der Waals surface area contributed by atoms with E-state index in [9.17, 15) is 32.3 Å².